The van der Waals surface area contributed by atoms with Crippen LogP contribution >= 0.6 is 15.8 Å². The second-order valence-electron chi connectivity index (χ2n) is 11.1. The smallest absolute Gasteiger partial charge is 0.223 e. The van der Waals surface area contributed by atoms with Crippen LogP contribution in [0.4, 0.5) is 0 Å². The van der Waals surface area contributed by atoms with E-state index in [-0.39, 0.29) is 30.7 Å². The van der Waals surface area contributed by atoms with Crippen molar-refractivity contribution < 1.29 is 9.59 Å². The molecule has 0 heterocycles. The molecule has 5 rings (SSSR count). The van der Waals surface area contributed by atoms with Crippen LogP contribution in [0.1, 0.15) is 38.5 Å². The van der Waals surface area contributed by atoms with Gasteiger partial charge in [0, 0.05) is 32.0 Å². The second-order valence-corrected chi connectivity index (χ2v) is 15.7. The molecule has 43 heavy (non-hydrogen) atoms. The normalized spacial score (nSPS) is 13.3. The zero-order chi connectivity index (χ0) is 29.7. The summed E-state index contributed by atoms with van der Waals surface area (Å²) in [5.41, 5.74) is 0. The zero-order valence-corrected chi connectivity index (χ0v) is 26.6. The number of carbonyl (C=O) groups excluding carboxylic acids is 2. The van der Waals surface area contributed by atoms with Gasteiger partial charge in [-0.1, -0.05) is 134 Å². The molecule has 4 nitrogen and oxygen atoms in total. The summed E-state index contributed by atoms with van der Waals surface area (Å²) >= 11 is 0. The quantitative estimate of drug-likeness (QED) is 0.181. The molecule has 4 aromatic carbocycles. The highest BCUT2D eigenvalue weighted by Gasteiger charge is 2.23. The summed E-state index contributed by atoms with van der Waals surface area (Å²) in [4.78, 5) is 28.6. The number of hydrogen-bond acceptors (Lipinski definition) is 2. The van der Waals surface area contributed by atoms with Gasteiger partial charge in [-0.25, -0.2) is 0 Å². The van der Waals surface area contributed by atoms with E-state index < -0.39 is 15.8 Å². The number of rotatable bonds is 14. The fourth-order valence-corrected chi connectivity index (χ4v) is 10.4. The van der Waals surface area contributed by atoms with Crippen molar-refractivity contribution in [3.8, 4) is 0 Å². The minimum atomic E-state index is -0.621. The molecular weight excluding hydrogens is 566 g/mol. The van der Waals surface area contributed by atoms with Gasteiger partial charge in [-0.2, -0.15) is 0 Å². The fraction of sp³-hybridized carbons (Fsp3) is 0.297. The molecule has 222 valence electrons. The van der Waals surface area contributed by atoms with Crippen molar-refractivity contribution in [2.45, 2.75) is 44.6 Å². The topological polar surface area (TPSA) is 49.4 Å². The van der Waals surface area contributed by atoms with Crippen LogP contribution in [0.5, 0.6) is 0 Å². The highest BCUT2D eigenvalue weighted by molar-refractivity contribution is 7.73. The van der Waals surface area contributed by atoms with E-state index in [1.54, 1.807) is 0 Å². The van der Waals surface area contributed by atoms with Gasteiger partial charge in [0.25, 0.3) is 0 Å². The highest BCUT2D eigenvalue weighted by atomic mass is 31.1. The Balaban J connectivity index is 1.33. The molecule has 0 radical (unpaired) electrons. The summed E-state index contributed by atoms with van der Waals surface area (Å²) in [5, 5.41) is 8.44. The Morgan fingerprint density at radius 2 is 0.953 bits per heavy atom. The van der Waals surface area contributed by atoms with E-state index in [1.165, 1.54) is 34.1 Å². The summed E-state index contributed by atoms with van der Waals surface area (Å²) in [6.07, 6.45) is 6.74. The lowest BCUT2D eigenvalue weighted by Gasteiger charge is -2.28. The molecule has 1 aliphatic rings. The van der Waals surface area contributed by atoms with Gasteiger partial charge in [0.05, 0.1) is 0 Å². The van der Waals surface area contributed by atoms with Crippen LogP contribution < -0.4 is 26.5 Å². The van der Waals surface area contributed by atoms with Gasteiger partial charge in [-0.05, 0) is 62.2 Å². The van der Waals surface area contributed by atoms with E-state index in [4.69, 9.17) is 0 Å². The van der Waals surface area contributed by atoms with Gasteiger partial charge in [0.15, 0.2) is 0 Å². The third-order valence-electron chi connectivity index (χ3n) is 8.10. The largest absolute Gasteiger partial charge is 0.353 e. The first-order valence-electron chi connectivity index (χ1n) is 15.5. The first-order valence-corrected chi connectivity index (χ1v) is 18.5. The Kier molecular flexibility index (Phi) is 11.9. The average Bonchev–Trinajstić information content (AvgIpc) is 3.58. The molecule has 0 unspecified atom stereocenters. The Bertz CT molecular complexity index is 1230. The van der Waals surface area contributed by atoms with Gasteiger partial charge in [0.2, 0.25) is 11.8 Å². The SMILES string of the molecule is O=C(CCC(=O)N(CCP(c1ccccc1)c1ccccc1)CCP(c1ccccc1)c1ccccc1)NC1CCCC1. The Morgan fingerprint density at radius 3 is 1.33 bits per heavy atom. The number of nitrogens with one attached hydrogen (secondary N) is 1. The van der Waals surface area contributed by atoms with Crippen LogP contribution in [-0.4, -0.2) is 48.2 Å². The summed E-state index contributed by atoms with van der Waals surface area (Å²) in [6, 6.07) is 43.0. The predicted octanol–water partition coefficient (Wildman–Crippen LogP) is 5.92. The zero-order valence-electron chi connectivity index (χ0n) is 24.9. The van der Waals surface area contributed by atoms with Crippen molar-refractivity contribution in [1.29, 1.82) is 0 Å². The average molecular weight is 609 g/mol. The number of amides is 2. The molecular formula is C37H42N2O2P2. The molecule has 0 bridgehead atoms. The third kappa shape index (κ3) is 9.33. The van der Waals surface area contributed by atoms with Crippen LogP contribution in [0.15, 0.2) is 121 Å². The molecule has 0 aromatic heterocycles. The van der Waals surface area contributed by atoms with Crippen LogP contribution in [-0.2, 0) is 9.59 Å². The minimum absolute atomic E-state index is 0.00634. The molecule has 1 fully saturated rings. The van der Waals surface area contributed by atoms with Gasteiger partial charge in [-0.15, -0.1) is 0 Å². The van der Waals surface area contributed by atoms with E-state index in [0.717, 1.165) is 25.2 Å². The van der Waals surface area contributed by atoms with Crippen molar-refractivity contribution in [3.63, 3.8) is 0 Å². The number of hydrogen-bond donors (Lipinski definition) is 1. The Morgan fingerprint density at radius 1 is 0.581 bits per heavy atom. The van der Waals surface area contributed by atoms with Gasteiger partial charge in [0.1, 0.15) is 0 Å². The van der Waals surface area contributed by atoms with E-state index in [1.807, 2.05) is 4.90 Å². The van der Waals surface area contributed by atoms with Gasteiger partial charge >= 0.3 is 0 Å². The molecule has 6 heteroatoms. The van der Waals surface area contributed by atoms with Crippen molar-refractivity contribution >= 4 is 48.9 Å². The lowest BCUT2D eigenvalue weighted by molar-refractivity contribution is -0.133. The molecule has 1 saturated carbocycles. The van der Waals surface area contributed by atoms with Crippen molar-refractivity contribution in [2.24, 2.45) is 0 Å². The monoisotopic (exact) mass is 608 g/mol. The molecule has 0 aliphatic heterocycles. The summed E-state index contributed by atoms with van der Waals surface area (Å²) in [7, 11) is -1.24. The molecule has 0 spiro atoms. The Hall–Kier alpha value is -3.32. The molecule has 1 aliphatic carbocycles. The molecule has 0 atom stereocenters. The van der Waals surface area contributed by atoms with E-state index >= 15 is 0 Å². The highest BCUT2D eigenvalue weighted by Crippen LogP contribution is 2.35. The van der Waals surface area contributed by atoms with Gasteiger partial charge < -0.3 is 10.2 Å². The lowest BCUT2D eigenvalue weighted by atomic mass is 10.2. The van der Waals surface area contributed by atoms with E-state index in [9.17, 15) is 9.59 Å². The Labute approximate surface area is 259 Å². The first kappa shape index (κ1) is 31.1. The molecule has 2 amide bonds. The number of nitrogens with zero attached hydrogens (tertiary/aromatic N) is 1. The maximum absolute atomic E-state index is 13.8. The van der Waals surface area contributed by atoms with Crippen LogP contribution in [0, 0.1) is 0 Å². The van der Waals surface area contributed by atoms with Crippen LogP contribution in [0.25, 0.3) is 0 Å². The maximum Gasteiger partial charge on any atom is 0.223 e. The summed E-state index contributed by atoms with van der Waals surface area (Å²) in [5.74, 6) is 0.0839. The lowest BCUT2D eigenvalue weighted by Crippen LogP contribution is -2.38. The minimum Gasteiger partial charge on any atom is -0.353 e. The van der Waals surface area contributed by atoms with Crippen molar-refractivity contribution in [2.75, 3.05) is 25.4 Å². The molecule has 0 saturated heterocycles. The van der Waals surface area contributed by atoms with E-state index in [0.29, 0.717) is 13.1 Å². The maximum atomic E-state index is 13.8. The van der Waals surface area contributed by atoms with Crippen molar-refractivity contribution in [3.05, 3.63) is 121 Å². The first-order chi connectivity index (χ1) is 21.2. The summed E-state index contributed by atoms with van der Waals surface area (Å²) in [6.45, 7) is 1.34. The second kappa shape index (κ2) is 16.5. The van der Waals surface area contributed by atoms with E-state index in [2.05, 4.69) is 127 Å². The molecule has 1 N–H and O–H groups in total. The van der Waals surface area contributed by atoms with Crippen LogP contribution in [0.2, 0.25) is 0 Å². The predicted molar refractivity (Wildman–Crippen MR) is 184 cm³/mol. The third-order valence-corrected chi connectivity index (χ3v) is 13.1. The fourth-order valence-electron chi connectivity index (χ4n) is 5.80. The van der Waals surface area contributed by atoms with Crippen LogP contribution in [0.3, 0.4) is 0 Å². The standard InChI is InChI=1S/C37H42N2O2P2/c40-36(38-31-15-13-14-16-31)25-26-37(41)39(27-29-42(32-17-5-1-6-18-32)33-19-7-2-8-20-33)28-30-43(34-21-9-3-10-22-34)35-23-11-4-12-24-35/h1-12,17-24,31H,13-16,25-30H2,(H,38,40). The van der Waals surface area contributed by atoms with Crippen molar-refractivity contribution in [1.82, 2.24) is 10.2 Å². The number of benzene rings is 4. The van der Waals surface area contributed by atoms with Gasteiger partial charge in [-0.3, -0.25) is 9.59 Å². The summed E-state index contributed by atoms with van der Waals surface area (Å²) < 4.78 is 0. The number of carbonyl (C=O) groups is 2. The molecule has 4 aromatic rings.